The molecule has 6 nitrogen and oxygen atoms in total. The fraction of sp³-hybridized carbons (Fsp3) is 0.440. The van der Waals surface area contributed by atoms with E-state index in [4.69, 9.17) is 9.47 Å². The van der Waals surface area contributed by atoms with E-state index in [2.05, 4.69) is 9.88 Å². The summed E-state index contributed by atoms with van der Waals surface area (Å²) < 4.78 is 25.5. The standard InChI is InChI=1S/C25H29FN2O4/c1-15-24(19-11-16(26)3-6-20(19)27-15)22(30)14-28-9-7-25(8-10-28)13-21(29)18-5-4-17(31-2)12-23(18)32-25/h3-6,11-12,21-22,27,29-30H,7-10,13-14H2,1-2H3/t21-,22+/m0/s1. The number of aliphatic hydroxyl groups excluding tert-OH is 2. The van der Waals surface area contributed by atoms with Gasteiger partial charge in [-0.25, -0.2) is 4.39 Å². The zero-order chi connectivity index (χ0) is 22.5. The number of fused-ring (bicyclic) bond motifs is 2. The average Bonchev–Trinajstić information content (AvgIpc) is 3.10. The van der Waals surface area contributed by atoms with Gasteiger partial charge in [0.2, 0.25) is 0 Å². The van der Waals surface area contributed by atoms with E-state index in [1.54, 1.807) is 13.2 Å². The number of aliphatic hydroxyl groups is 2. The Kier molecular flexibility index (Phi) is 5.35. The number of piperidine rings is 1. The highest BCUT2D eigenvalue weighted by atomic mass is 19.1. The minimum atomic E-state index is -0.720. The third-order valence-corrected chi connectivity index (χ3v) is 7.00. The quantitative estimate of drug-likeness (QED) is 0.572. The summed E-state index contributed by atoms with van der Waals surface area (Å²) in [6.45, 7) is 3.87. The number of methoxy groups -OCH3 is 1. The van der Waals surface area contributed by atoms with Gasteiger partial charge in [0.25, 0.3) is 0 Å². The van der Waals surface area contributed by atoms with Gasteiger partial charge >= 0.3 is 0 Å². The first-order valence-electron chi connectivity index (χ1n) is 11.1. The lowest BCUT2D eigenvalue weighted by Crippen LogP contribution is -2.51. The van der Waals surface area contributed by atoms with Crippen LogP contribution in [0.2, 0.25) is 0 Å². The molecule has 1 spiro atoms. The number of nitrogens with one attached hydrogen (secondary N) is 1. The monoisotopic (exact) mass is 440 g/mol. The van der Waals surface area contributed by atoms with Crippen LogP contribution in [-0.2, 0) is 0 Å². The van der Waals surface area contributed by atoms with Gasteiger partial charge in [0.05, 0.1) is 19.3 Å². The Labute approximate surface area is 186 Å². The number of aromatic nitrogens is 1. The number of likely N-dealkylation sites (tertiary alicyclic amines) is 1. The molecule has 3 N–H and O–H groups in total. The topological polar surface area (TPSA) is 78.0 Å². The fourth-order valence-corrected chi connectivity index (χ4v) is 5.28. The minimum absolute atomic E-state index is 0.310. The molecular formula is C25H29FN2O4. The van der Waals surface area contributed by atoms with Crippen LogP contribution in [0.3, 0.4) is 0 Å². The molecule has 1 saturated heterocycles. The molecule has 0 saturated carbocycles. The van der Waals surface area contributed by atoms with E-state index >= 15 is 0 Å². The highest BCUT2D eigenvalue weighted by molar-refractivity contribution is 5.85. The van der Waals surface area contributed by atoms with Crippen LogP contribution in [0.15, 0.2) is 36.4 Å². The molecule has 1 fully saturated rings. The molecule has 3 aromatic rings. The lowest BCUT2D eigenvalue weighted by Gasteiger charge is -2.46. The molecule has 2 atom stereocenters. The van der Waals surface area contributed by atoms with Crippen molar-refractivity contribution in [3.8, 4) is 11.5 Å². The molecule has 7 heteroatoms. The van der Waals surface area contributed by atoms with Crippen molar-refractivity contribution < 1.29 is 24.1 Å². The van der Waals surface area contributed by atoms with Crippen LogP contribution in [-0.4, -0.2) is 52.4 Å². The van der Waals surface area contributed by atoms with Gasteiger partial charge in [0.15, 0.2) is 0 Å². The van der Waals surface area contributed by atoms with Crippen molar-refractivity contribution >= 4 is 10.9 Å². The first-order chi connectivity index (χ1) is 15.4. The Bertz CT molecular complexity index is 1140. The Morgan fingerprint density at radius 1 is 1.25 bits per heavy atom. The van der Waals surface area contributed by atoms with E-state index in [9.17, 15) is 14.6 Å². The SMILES string of the molecule is COc1ccc2c(c1)OC1(CCN(C[C@@H](O)c3c(C)[nH]c4ccc(F)cc34)CC1)C[C@@H]2O. The molecule has 5 rings (SSSR count). The Morgan fingerprint density at radius 3 is 2.78 bits per heavy atom. The minimum Gasteiger partial charge on any atom is -0.497 e. The second-order valence-corrected chi connectivity index (χ2v) is 9.08. The van der Waals surface area contributed by atoms with Gasteiger partial charge < -0.3 is 29.6 Å². The Balaban J connectivity index is 1.28. The Morgan fingerprint density at radius 2 is 2.03 bits per heavy atom. The predicted octanol–water partition coefficient (Wildman–Crippen LogP) is 4.01. The number of ether oxygens (including phenoxy) is 2. The molecule has 1 aromatic heterocycles. The van der Waals surface area contributed by atoms with E-state index in [-0.39, 0.29) is 5.82 Å². The van der Waals surface area contributed by atoms with Crippen molar-refractivity contribution in [3.63, 3.8) is 0 Å². The second kappa shape index (κ2) is 8.06. The summed E-state index contributed by atoms with van der Waals surface area (Å²) >= 11 is 0. The lowest BCUT2D eigenvalue weighted by molar-refractivity contribution is -0.0588. The van der Waals surface area contributed by atoms with E-state index in [1.807, 2.05) is 25.1 Å². The third kappa shape index (κ3) is 3.74. The van der Waals surface area contributed by atoms with Crippen molar-refractivity contribution in [2.75, 3.05) is 26.7 Å². The van der Waals surface area contributed by atoms with Crippen molar-refractivity contribution in [3.05, 3.63) is 59.0 Å². The molecule has 3 heterocycles. The van der Waals surface area contributed by atoms with Gasteiger partial charge in [0, 0.05) is 59.8 Å². The number of nitrogens with zero attached hydrogens (tertiary/aromatic N) is 1. The van der Waals surface area contributed by atoms with Gasteiger partial charge in [0.1, 0.15) is 22.9 Å². The molecular weight excluding hydrogens is 411 g/mol. The fourth-order valence-electron chi connectivity index (χ4n) is 5.28. The van der Waals surface area contributed by atoms with E-state index < -0.39 is 17.8 Å². The van der Waals surface area contributed by atoms with E-state index in [1.165, 1.54) is 12.1 Å². The number of β-amino-alcohol motifs (C(OH)–C–C–N with tert-alkyl or cyclic N) is 1. The van der Waals surface area contributed by atoms with Crippen molar-refractivity contribution in [2.45, 2.75) is 44.0 Å². The van der Waals surface area contributed by atoms with Gasteiger partial charge in [-0.15, -0.1) is 0 Å². The van der Waals surface area contributed by atoms with Crippen molar-refractivity contribution in [1.29, 1.82) is 0 Å². The molecule has 0 unspecified atom stereocenters. The second-order valence-electron chi connectivity index (χ2n) is 9.08. The third-order valence-electron chi connectivity index (χ3n) is 7.00. The molecule has 0 radical (unpaired) electrons. The van der Waals surface area contributed by atoms with Crippen LogP contribution in [0.4, 0.5) is 4.39 Å². The van der Waals surface area contributed by atoms with Gasteiger partial charge in [-0.3, -0.25) is 0 Å². The molecule has 0 amide bonds. The summed E-state index contributed by atoms with van der Waals surface area (Å²) in [5.74, 6) is 1.09. The zero-order valence-corrected chi connectivity index (χ0v) is 18.4. The van der Waals surface area contributed by atoms with Crippen LogP contribution in [0.1, 0.15) is 48.3 Å². The van der Waals surface area contributed by atoms with Gasteiger partial charge in [-0.05, 0) is 50.1 Å². The van der Waals surface area contributed by atoms with E-state index in [0.29, 0.717) is 24.5 Å². The average molecular weight is 441 g/mol. The summed E-state index contributed by atoms with van der Waals surface area (Å²) in [7, 11) is 1.62. The number of hydrogen-bond donors (Lipinski definition) is 3. The molecule has 2 aliphatic heterocycles. The number of benzene rings is 2. The molecule has 2 aliphatic rings. The maximum absolute atomic E-state index is 13.8. The molecule has 0 bridgehead atoms. The Hall–Kier alpha value is -2.61. The number of hydrogen-bond acceptors (Lipinski definition) is 5. The smallest absolute Gasteiger partial charge is 0.129 e. The number of aryl methyl sites for hydroxylation is 1. The van der Waals surface area contributed by atoms with Gasteiger partial charge in [-0.1, -0.05) is 0 Å². The largest absolute Gasteiger partial charge is 0.497 e. The summed E-state index contributed by atoms with van der Waals surface area (Å²) in [6.07, 6.45) is 0.793. The molecule has 2 aromatic carbocycles. The van der Waals surface area contributed by atoms with Crippen molar-refractivity contribution in [2.24, 2.45) is 0 Å². The maximum Gasteiger partial charge on any atom is 0.129 e. The molecule has 0 aliphatic carbocycles. The maximum atomic E-state index is 13.8. The zero-order valence-electron chi connectivity index (χ0n) is 18.4. The summed E-state index contributed by atoms with van der Waals surface area (Å²) in [5, 5.41) is 22.4. The first kappa shape index (κ1) is 21.2. The normalized spacial score (nSPS) is 21.3. The molecule has 170 valence electrons. The van der Waals surface area contributed by atoms with E-state index in [0.717, 1.165) is 53.7 Å². The highest BCUT2D eigenvalue weighted by Gasteiger charge is 2.43. The van der Waals surface area contributed by atoms with Crippen LogP contribution >= 0.6 is 0 Å². The van der Waals surface area contributed by atoms with Crippen LogP contribution in [0.25, 0.3) is 10.9 Å². The summed E-state index contributed by atoms with van der Waals surface area (Å²) in [5.41, 5.74) is 2.83. The summed E-state index contributed by atoms with van der Waals surface area (Å²) in [6, 6.07) is 10.2. The predicted molar refractivity (Wildman–Crippen MR) is 120 cm³/mol. The summed E-state index contributed by atoms with van der Waals surface area (Å²) in [4.78, 5) is 5.45. The van der Waals surface area contributed by atoms with Crippen LogP contribution in [0.5, 0.6) is 11.5 Å². The van der Waals surface area contributed by atoms with Crippen LogP contribution in [0, 0.1) is 12.7 Å². The number of aromatic amines is 1. The number of rotatable bonds is 4. The molecule has 32 heavy (non-hydrogen) atoms. The lowest BCUT2D eigenvalue weighted by atomic mass is 9.81. The van der Waals surface area contributed by atoms with Crippen molar-refractivity contribution in [1.82, 2.24) is 9.88 Å². The number of halogens is 1. The first-order valence-corrected chi connectivity index (χ1v) is 11.1. The number of H-pyrrole nitrogens is 1. The highest BCUT2D eigenvalue weighted by Crippen LogP contribution is 2.45. The van der Waals surface area contributed by atoms with Gasteiger partial charge in [-0.2, -0.15) is 0 Å². The van der Waals surface area contributed by atoms with Crippen LogP contribution < -0.4 is 9.47 Å².